The van der Waals surface area contributed by atoms with Gasteiger partial charge in [0.15, 0.2) is 6.10 Å². The lowest BCUT2D eigenvalue weighted by Gasteiger charge is -2.18. The lowest BCUT2D eigenvalue weighted by atomic mass is 10.0. The molecular weight excluding hydrogens is 877 g/mol. The van der Waals surface area contributed by atoms with Gasteiger partial charge in [-0.05, 0) is 96.3 Å². The minimum absolute atomic E-state index is 0.133. The summed E-state index contributed by atoms with van der Waals surface area (Å²) < 4.78 is 16.7. The molecule has 0 rings (SSSR count). The molecule has 0 aliphatic carbocycles. The molecule has 71 heavy (non-hydrogen) atoms. The van der Waals surface area contributed by atoms with E-state index in [2.05, 4.69) is 142 Å². The first kappa shape index (κ1) is 66.6. The van der Waals surface area contributed by atoms with Gasteiger partial charge in [0, 0.05) is 19.3 Å². The topological polar surface area (TPSA) is 78.9 Å². The van der Waals surface area contributed by atoms with E-state index < -0.39 is 6.10 Å². The van der Waals surface area contributed by atoms with Crippen molar-refractivity contribution in [2.24, 2.45) is 0 Å². The third-order valence-corrected chi connectivity index (χ3v) is 11.7. The number of unbranched alkanes of at least 4 members (excludes halogenated alkanes) is 17. The summed E-state index contributed by atoms with van der Waals surface area (Å²) in [6.07, 6.45) is 81.7. The fourth-order valence-electron chi connectivity index (χ4n) is 7.44. The van der Waals surface area contributed by atoms with Crippen molar-refractivity contribution in [1.29, 1.82) is 0 Å². The van der Waals surface area contributed by atoms with Crippen LogP contribution < -0.4 is 0 Å². The van der Waals surface area contributed by atoms with Crippen LogP contribution in [0.3, 0.4) is 0 Å². The van der Waals surface area contributed by atoms with E-state index in [9.17, 15) is 14.4 Å². The molecule has 0 N–H and O–H groups in total. The smallest absolute Gasteiger partial charge is 0.306 e. The number of carbonyl (C=O) groups is 3. The number of carbonyl (C=O) groups excluding carboxylic acids is 3. The van der Waals surface area contributed by atoms with E-state index in [1.54, 1.807) is 0 Å². The molecule has 1 atom stereocenters. The maximum Gasteiger partial charge on any atom is 0.306 e. The van der Waals surface area contributed by atoms with Gasteiger partial charge in [0.25, 0.3) is 0 Å². The van der Waals surface area contributed by atoms with Crippen LogP contribution in [0, 0.1) is 0 Å². The molecule has 0 aromatic carbocycles. The summed E-state index contributed by atoms with van der Waals surface area (Å²) in [5.41, 5.74) is 0. The predicted molar refractivity (Wildman–Crippen MR) is 306 cm³/mol. The van der Waals surface area contributed by atoms with E-state index in [4.69, 9.17) is 14.2 Å². The van der Waals surface area contributed by atoms with Gasteiger partial charge in [0.2, 0.25) is 0 Å². The van der Waals surface area contributed by atoms with Crippen molar-refractivity contribution < 1.29 is 28.6 Å². The minimum atomic E-state index is -0.835. The largest absolute Gasteiger partial charge is 0.462 e. The predicted octanol–water partition coefficient (Wildman–Crippen LogP) is 19.4. The Kier molecular flexibility index (Phi) is 54.5. The molecule has 0 bridgehead atoms. The van der Waals surface area contributed by atoms with Crippen LogP contribution in [0.25, 0.3) is 0 Å². The molecule has 0 amide bonds. The number of rotatable bonds is 50. The van der Waals surface area contributed by atoms with Crippen molar-refractivity contribution in [2.45, 2.75) is 245 Å². The fraction of sp³-hybridized carbons (Fsp3) is 0.615. The first-order chi connectivity index (χ1) is 35.0. The second kappa shape index (κ2) is 58.1. The molecule has 0 fully saturated rings. The Hall–Kier alpha value is -4.45. The average Bonchev–Trinajstić information content (AvgIpc) is 3.37. The van der Waals surface area contributed by atoms with E-state index in [1.165, 1.54) is 89.9 Å². The van der Waals surface area contributed by atoms with E-state index in [0.29, 0.717) is 19.3 Å². The molecule has 0 aliphatic heterocycles. The molecule has 0 saturated carbocycles. The summed E-state index contributed by atoms with van der Waals surface area (Å²) in [4.78, 5) is 38.1. The number of ether oxygens (including phenoxy) is 3. The van der Waals surface area contributed by atoms with E-state index in [0.717, 1.165) is 96.3 Å². The highest BCUT2D eigenvalue weighted by Crippen LogP contribution is 2.15. The first-order valence-electron chi connectivity index (χ1n) is 28.7. The van der Waals surface area contributed by atoms with Gasteiger partial charge < -0.3 is 14.2 Å². The van der Waals surface area contributed by atoms with Crippen molar-refractivity contribution in [2.75, 3.05) is 13.2 Å². The van der Waals surface area contributed by atoms with Gasteiger partial charge in [-0.25, -0.2) is 0 Å². The van der Waals surface area contributed by atoms with E-state index in [1.807, 2.05) is 12.2 Å². The third-order valence-electron chi connectivity index (χ3n) is 11.7. The van der Waals surface area contributed by atoms with Crippen molar-refractivity contribution in [3.05, 3.63) is 134 Å². The zero-order valence-corrected chi connectivity index (χ0v) is 45.7. The third kappa shape index (κ3) is 56.3. The minimum Gasteiger partial charge on any atom is -0.462 e. The Bertz CT molecular complexity index is 1550. The molecule has 0 aromatic heterocycles. The zero-order chi connectivity index (χ0) is 51.4. The van der Waals surface area contributed by atoms with Crippen LogP contribution in [-0.2, 0) is 28.6 Å². The molecule has 6 heteroatoms. The van der Waals surface area contributed by atoms with Gasteiger partial charge in [-0.15, -0.1) is 0 Å². The van der Waals surface area contributed by atoms with Crippen LogP contribution in [0.1, 0.15) is 239 Å². The van der Waals surface area contributed by atoms with Crippen LogP contribution in [0.5, 0.6) is 0 Å². The maximum absolute atomic E-state index is 12.9. The quantitative estimate of drug-likeness (QED) is 0.0262. The number of hydrogen-bond donors (Lipinski definition) is 0. The number of esters is 3. The Balaban J connectivity index is 4.59. The molecule has 0 aromatic rings. The summed E-state index contributed by atoms with van der Waals surface area (Å²) in [6, 6.07) is 0. The highest BCUT2D eigenvalue weighted by molar-refractivity contribution is 5.71. The standard InChI is InChI=1S/C65H104O6/c1-4-7-10-13-16-19-22-25-28-31-32-35-37-40-43-46-49-52-55-58-64(67)70-61-62(71-65(68)59-56-53-50-47-44-41-38-34-30-27-24-21-18-15-12-9-6-3)60-69-63(66)57-54-51-48-45-42-39-36-33-29-26-23-20-17-14-11-8-5-2/h7-8,10-11,16-17,19-20,25-26,28-29,32,35-36,39-40,43,45,48-49,52,62H,4-6,9,12-15,18,21-24,27,30-31,33-34,37-38,41-42,44,46-47,50-51,53-61H2,1-3H3/b10-7-,11-8-,19-16-,20-17-,28-25-,29-26-,35-32-,39-36-,43-40-,48-45-,52-49-/t62-/m0/s1. The molecule has 0 saturated heterocycles. The number of hydrogen-bond acceptors (Lipinski definition) is 6. The Labute approximate surface area is 436 Å². The van der Waals surface area contributed by atoms with Crippen LogP contribution in [0.2, 0.25) is 0 Å². The zero-order valence-electron chi connectivity index (χ0n) is 45.7. The molecule has 0 radical (unpaired) electrons. The summed E-state index contributed by atoms with van der Waals surface area (Å²) in [5, 5.41) is 0. The second-order valence-corrected chi connectivity index (χ2v) is 18.4. The molecule has 0 spiro atoms. The summed E-state index contributed by atoms with van der Waals surface area (Å²) in [5.74, 6) is -1.07. The summed E-state index contributed by atoms with van der Waals surface area (Å²) in [7, 11) is 0. The van der Waals surface area contributed by atoms with E-state index in [-0.39, 0.29) is 44.0 Å². The fourth-order valence-corrected chi connectivity index (χ4v) is 7.44. The second-order valence-electron chi connectivity index (χ2n) is 18.4. The molecule has 400 valence electrons. The van der Waals surface area contributed by atoms with Crippen LogP contribution in [0.4, 0.5) is 0 Å². The SMILES string of the molecule is CC/C=C\C/C=C\C/C=C\C/C=C\C/C=C\C/C=C\CCC(=O)OC[C@H](COC(=O)CCC/C=C\C/C=C\C/C=C\C/C=C\C/C=C\CC)OC(=O)CCCCCCCCCCCCCCCCCCC. The first-order valence-corrected chi connectivity index (χ1v) is 28.7. The van der Waals surface area contributed by atoms with Gasteiger partial charge in [0.05, 0.1) is 0 Å². The monoisotopic (exact) mass is 981 g/mol. The molecule has 0 aliphatic rings. The van der Waals surface area contributed by atoms with Crippen molar-refractivity contribution in [3.63, 3.8) is 0 Å². The molecule has 0 unspecified atom stereocenters. The average molecular weight is 982 g/mol. The van der Waals surface area contributed by atoms with Crippen molar-refractivity contribution in [1.82, 2.24) is 0 Å². The molecule has 0 heterocycles. The maximum atomic E-state index is 12.9. The number of allylic oxidation sites excluding steroid dienone is 22. The van der Waals surface area contributed by atoms with Crippen molar-refractivity contribution in [3.8, 4) is 0 Å². The Morgan fingerprint density at radius 3 is 0.930 bits per heavy atom. The van der Waals surface area contributed by atoms with Crippen molar-refractivity contribution >= 4 is 17.9 Å². The van der Waals surface area contributed by atoms with Gasteiger partial charge in [-0.2, -0.15) is 0 Å². The highest BCUT2D eigenvalue weighted by Gasteiger charge is 2.19. The molecule has 6 nitrogen and oxygen atoms in total. The normalized spacial score (nSPS) is 13.1. The summed E-state index contributed by atoms with van der Waals surface area (Å²) >= 11 is 0. The molecular formula is C65H104O6. The van der Waals surface area contributed by atoms with Gasteiger partial charge in [0.1, 0.15) is 13.2 Å². The lowest BCUT2D eigenvalue weighted by molar-refractivity contribution is -0.166. The van der Waals surface area contributed by atoms with Crippen LogP contribution >= 0.6 is 0 Å². The van der Waals surface area contributed by atoms with Gasteiger partial charge in [-0.3, -0.25) is 14.4 Å². The van der Waals surface area contributed by atoms with E-state index >= 15 is 0 Å². The lowest BCUT2D eigenvalue weighted by Crippen LogP contribution is -2.30. The Morgan fingerprint density at radius 1 is 0.296 bits per heavy atom. The summed E-state index contributed by atoms with van der Waals surface area (Å²) in [6.45, 7) is 6.30. The van der Waals surface area contributed by atoms with Gasteiger partial charge in [-0.1, -0.05) is 257 Å². The van der Waals surface area contributed by atoms with Gasteiger partial charge >= 0.3 is 17.9 Å². The highest BCUT2D eigenvalue weighted by atomic mass is 16.6. The Morgan fingerprint density at radius 2 is 0.577 bits per heavy atom. The van der Waals surface area contributed by atoms with Crippen LogP contribution in [0.15, 0.2) is 134 Å². The van der Waals surface area contributed by atoms with Crippen LogP contribution in [-0.4, -0.2) is 37.2 Å².